The van der Waals surface area contributed by atoms with Crippen LogP contribution in [0.3, 0.4) is 0 Å². The Morgan fingerprint density at radius 2 is 1.86 bits per heavy atom. The number of hydrogen-bond acceptors (Lipinski definition) is 3. The first kappa shape index (κ1) is 11.2. The molecule has 1 saturated heterocycles. The number of rotatable bonds is 2. The number of carboxylic acid groups (broad SMARTS) is 1. The van der Waals surface area contributed by atoms with Crippen LogP contribution in [0.5, 0.6) is 0 Å². The van der Waals surface area contributed by atoms with Gasteiger partial charge in [0.25, 0.3) is 0 Å². The zero-order valence-electron chi connectivity index (χ0n) is 7.44. The third-order valence-electron chi connectivity index (χ3n) is 2.19. The molecular formula is C8H11FO4S. The summed E-state index contributed by atoms with van der Waals surface area (Å²) in [7, 11) is -2.97. The zero-order valence-corrected chi connectivity index (χ0v) is 8.26. The molecule has 6 heteroatoms. The van der Waals surface area contributed by atoms with E-state index in [0.717, 1.165) is 6.08 Å². The van der Waals surface area contributed by atoms with Crippen LogP contribution in [0.2, 0.25) is 0 Å². The van der Waals surface area contributed by atoms with E-state index in [2.05, 4.69) is 0 Å². The molecule has 0 atom stereocenters. The molecule has 1 heterocycles. The summed E-state index contributed by atoms with van der Waals surface area (Å²) in [6.45, 7) is 0. The van der Waals surface area contributed by atoms with Gasteiger partial charge >= 0.3 is 5.97 Å². The first-order chi connectivity index (χ1) is 6.41. The Bertz CT molecular complexity index is 344. The SMILES string of the molecule is O=C(O)/C(F)=C/C1CCS(=O)(=O)CC1. The van der Waals surface area contributed by atoms with Crippen molar-refractivity contribution in [1.82, 2.24) is 0 Å². The van der Waals surface area contributed by atoms with Gasteiger partial charge in [0, 0.05) is 0 Å². The topological polar surface area (TPSA) is 71.4 Å². The minimum Gasteiger partial charge on any atom is -0.476 e. The van der Waals surface area contributed by atoms with E-state index < -0.39 is 21.6 Å². The van der Waals surface area contributed by atoms with Crippen molar-refractivity contribution in [3.63, 3.8) is 0 Å². The van der Waals surface area contributed by atoms with E-state index in [0.29, 0.717) is 12.8 Å². The molecular weight excluding hydrogens is 211 g/mol. The maximum atomic E-state index is 12.6. The summed E-state index contributed by atoms with van der Waals surface area (Å²) in [6, 6.07) is 0. The van der Waals surface area contributed by atoms with Crippen LogP contribution < -0.4 is 0 Å². The number of aliphatic carboxylic acids is 1. The largest absolute Gasteiger partial charge is 0.476 e. The predicted octanol–water partition coefficient (Wildman–Crippen LogP) is 0.749. The van der Waals surface area contributed by atoms with Gasteiger partial charge in [-0.1, -0.05) is 0 Å². The lowest BCUT2D eigenvalue weighted by Gasteiger charge is -2.18. The number of carboxylic acids is 1. The van der Waals surface area contributed by atoms with E-state index in [1.54, 1.807) is 0 Å². The molecule has 0 aromatic heterocycles. The summed E-state index contributed by atoms with van der Waals surface area (Å²) >= 11 is 0. The Labute approximate surface area is 81.3 Å². The van der Waals surface area contributed by atoms with Gasteiger partial charge in [-0.15, -0.1) is 0 Å². The predicted molar refractivity (Wildman–Crippen MR) is 48.2 cm³/mol. The second kappa shape index (κ2) is 4.08. The van der Waals surface area contributed by atoms with Crippen molar-refractivity contribution in [2.45, 2.75) is 12.8 Å². The molecule has 0 bridgehead atoms. The Kier molecular flexibility index (Phi) is 3.25. The maximum Gasteiger partial charge on any atom is 0.364 e. The Balaban J connectivity index is 2.59. The summed E-state index contributed by atoms with van der Waals surface area (Å²) < 4.78 is 34.6. The third kappa shape index (κ3) is 3.10. The van der Waals surface area contributed by atoms with Gasteiger partial charge in [0.05, 0.1) is 11.5 Å². The lowest BCUT2D eigenvalue weighted by atomic mass is 10.0. The van der Waals surface area contributed by atoms with Gasteiger partial charge < -0.3 is 5.11 Å². The standard InChI is InChI=1S/C8H11FO4S/c9-7(8(10)11)5-6-1-3-14(12,13)4-2-6/h5-6H,1-4H2,(H,10,11)/b7-5-. The van der Waals surface area contributed by atoms with Crippen LogP contribution in [0.4, 0.5) is 4.39 Å². The highest BCUT2D eigenvalue weighted by atomic mass is 32.2. The molecule has 0 spiro atoms. The fourth-order valence-corrected chi connectivity index (χ4v) is 2.88. The summed E-state index contributed by atoms with van der Waals surface area (Å²) in [5, 5.41) is 8.25. The smallest absolute Gasteiger partial charge is 0.364 e. The average molecular weight is 222 g/mol. The molecule has 0 radical (unpaired) electrons. The second-order valence-electron chi connectivity index (χ2n) is 3.31. The van der Waals surface area contributed by atoms with Crippen LogP contribution in [0, 0.1) is 5.92 Å². The van der Waals surface area contributed by atoms with Gasteiger partial charge in [-0.3, -0.25) is 0 Å². The normalized spacial score (nSPS) is 23.4. The van der Waals surface area contributed by atoms with Crippen LogP contribution in [0.25, 0.3) is 0 Å². The fraction of sp³-hybridized carbons (Fsp3) is 0.625. The lowest BCUT2D eigenvalue weighted by molar-refractivity contribution is -0.134. The van der Waals surface area contributed by atoms with Crippen molar-refractivity contribution in [1.29, 1.82) is 0 Å². The molecule has 1 rings (SSSR count). The molecule has 1 fully saturated rings. The van der Waals surface area contributed by atoms with Gasteiger partial charge in [-0.2, -0.15) is 4.39 Å². The molecule has 1 N–H and O–H groups in total. The van der Waals surface area contributed by atoms with Crippen molar-refractivity contribution in [3.05, 3.63) is 11.9 Å². The van der Waals surface area contributed by atoms with E-state index in [1.165, 1.54) is 0 Å². The molecule has 14 heavy (non-hydrogen) atoms. The van der Waals surface area contributed by atoms with Gasteiger partial charge in [-0.05, 0) is 24.8 Å². The molecule has 0 aromatic carbocycles. The molecule has 1 aliphatic heterocycles. The number of sulfone groups is 1. The Hall–Kier alpha value is -0.910. The number of halogens is 1. The van der Waals surface area contributed by atoms with Crippen molar-refractivity contribution in [3.8, 4) is 0 Å². The highest BCUT2D eigenvalue weighted by Crippen LogP contribution is 2.21. The molecule has 0 aromatic rings. The van der Waals surface area contributed by atoms with E-state index in [4.69, 9.17) is 5.11 Å². The molecule has 0 unspecified atom stereocenters. The number of carbonyl (C=O) groups is 1. The van der Waals surface area contributed by atoms with Crippen molar-refractivity contribution < 1.29 is 22.7 Å². The minimum atomic E-state index is -2.97. The van der Waals surface area contributed by atoms with Crippen molar-refractivity contribution in [2.75, 3.05) is 11.5 Å². The zero-order chi connectivity index (χ0) is 10.8. The molecule has 0 saturated carbocycles. The summed E-state index contributed by atoms with van der Waals surface area (Å²) in [5.41, 5.74) is 0. The summed E-state index contributed by atoms with van der Waals surface area (Å²) in [5.74, 6) is -3.04. The van der Waals surface area contributed by atoms with Gasteiger partial charge in [0.2, 0.25) is 5.83 Å². The highest BCUT2D eigenvalue weighted by molar-refractivity contribution is 7.91. The lowest BCUT2D eigenvalue weighted by Crippen LogP contribution is -2.22. The van der Waals surface area contributed by atoms with Crippen molar-refractivity contribution in [2.24, 2.45) is 5.92 Å². The number of hydrogen-bond donors (Lipinski definition) is 1. The van der Waals surface area contributed by atoms with E-state index in [1.807, 2.05) is 0 Å². The molecule has 4 nitrogen and oxygen atoms in total. The van der Waals surface area contributed by atoms with Crippen molar-refractivity contribution >= 4 is 15.8 Å². The van der Waals surface area contributed by atoms with Crippen LogP contribution in [0.15, 0.2) is 11.9 Å². The van der Waals surface area contributed by atoms with Crippen LogP contribution in [-0.4, -0.2) is 31.0 Å². The van der Waals surface area contributed by atoms with Crippen LogP contribution in [-0.2, 0) is 14.6 Å². The fourth-order valence-electron chi connectivity index (χ4n) is 1.35. The Morgan fingerprint density at radius 1 is 1.36 bits per heavy atom. The Morgan fingerprint density at radius 3 is 2.29 bits per heavy atom. The quantitative estimate of drug-likeness (QED) is 0.700. The van der Waals surface area contributed by atoms with E-state index in [9.17, 15) is 17.6 Å². The molecule has 0 amide bonds. The second-order valence-corrected chi connectivity index (χ2v) is 5.61. The summed E-state index contributed by atoms with van der Waals surface area (Å²) in [4.78, 5) is 10.1. The first-order valence-electron chi connectivity index (χ1n) is 4.22. The first-order valence-corrected chi connectivity index (χ1v) is 6.04. The van der Waals surface area contributed by atoms with Gasteiger partial charge in [-0.25, -0.2) is 13.2 Å². The monoisotopic (exact) mass is 222 g/mol. The molecule has 1 aliphatic rings. The number of allylic oxidation sites excluding steroid dienone is 1. The van der Waals surface area contributed by atoms with E-state index >= 15 is 0 Å². The highest BCUT2D eigenvalue weighted by Gasteiger charge is 2.23. The minimum absolute atomic E-state index is 0.0149. The van der Waals surface area contributed by atoms with Crippen LogP contribution >= 0.6 is 0 Å². The van der Waals surface area contributed by atoms with Gasteiger partial charge in [0.15, 0.2) is 0 Å². The van der Waals surface area contributed by atoms with E-state index in [-0.39, 0.29) is 17.4 Å². The third-order valence-corrected chi connectivity index (χ3v) is 3.90. The maximum absolute atomic E-state index is 12.6. The summed E-state index contributed by atoms with van der Waals surface area (Å²) in [6.07, 6.45) is 1.61. The van der Waals surface area contributed by atoms with Crippen LogP contribution in [0.1, 0.15) is 12.8 Å². The molecule has 0 aliphatic carbocycles. The van der Waals surface area contributed by atoms with Gasteiger partial charge in [0.1, 0.15) is 9.84 Å². The molecule has 80 valence electrons. The average Bonchev–Trinajstić information content (AvgIpc) is 2.08.